The number of hydrogen-bond acceptors (Lipinski definition) is 5. The van der Waals surface area contributed by atoms with E-state index < -0.39 is 0 Å². The van der Waals surface area contributed by atoms with Gasteiger partial charge >= 0.3 is 0 Å². The van der Waals surface area contributed by atoms with Gasteiger partial charge in [-0.25, -0.2) is 4.98 Å². The largest absolute Gasteiger partial charge is 0.338 e. The van der Waals surface area contributed by atoms with Crippen LogP contribution in [0.25, 0.3) is 0 Å². The van der Waals surface area contributed by atoms with E-state index in [4.69, 9.17) is 4.52 Å². The average Bonchev–Trinajstić information content (AvgIpc) is 2.79. The van der Waals surface area contributed by atoms with Crippen LogP contribution in [0.5, 0.6) is 0 Å². The molecule has 2 aromatic heterocycles. The Labute approximate surface area is 105 Å². The highest BCUT2D eigenvalue weighted by molar-refractivity contribution is 7.99. The molecule has 0 aliphatic rings. The summed E-state index contributed by atoms with van der Waals surface area (Å²) in [6.07, 6.45) is 1.78. The van der Waals surface area contributed by atoms with Crippen molar-refractivity contribution in [3.8, 4) is 0 Å². The van der Waals surface area contributed by atoms with Crippen molar-refractivity contribution in [1.29, 1.82) is 0 Å². The summed E-state index contributed by atoms with van der Waals surface area (Å²) in [5.41, 5.74) is 0. The highest BCUT2D eigenvalue weighted by Gasteiger charge is 2.17. The zero-order valence-electron chi connectivity index (χ0n) is 10.1. The third kappa shape index (κ3) is 3.06. The molecule has 90 valence electrons. The van der Waals surface area contributed by atoms with Crippen LogP contribution in [0, 0.1) is 0 Å². The van der Waals surface area contributed by atoms with E-state index in [1.54, 1.807) is 18.0 Å². The van der Waals surface area contributed by atoms with Gasteiger partial charge < -0.3 is 4.52 Å². The van der Waals surface area contributed by atoms with E-state index >= 15 is 0 Å². The van der Waals surface area contributed by atoms with Crippen molar-refractivity contribution in [2.24, 2.45) is 0 Å². The fraction of sp³-hybridized carbons (Fsp3) is 0.417. The van der Waals surface area contributed by atoms with Crippen LogP contribution in [-0.4, -0.2) is 15.1 Å². The van der Waals surface area contributed by atoms with E-state index in [-0.39, 0.29) is 5.25 Å². The van der Waals surface area contributed by atoms with Crippen LogP contribution < -0.4 is 0 Å². The summed E-state index contributed by atoms with van der Waals surface area (Å²) in [6.45, 7) is 6.13. The zero-order valence-corrected chi connectivity index (χ0v) is 10.9. The smallest absolute Gasteiger partial charge is 0.239 e. The van der Waals surface area contributed by atoms with Gasteiger partial charge in [0, 0.05) is 12.1 Å². The average molecular weight is 249 g/mol. The second-order valence-corrected chi connectivity index (χ2v) is 5.43. The first-order chi connectivity index (χ1) is 8.16. The van der Waals surface area contributed by atoms with E-state index in [1.807, 2.05) is 39.0 Å². The summed E-state index contributed by atoms with van der Waals surface area (Å²) in [7, 11) is 0. The maximum Gasteiger partial charge on any atom is 0.239 e. The molecule has 1 atom stereocenters. The van der Waals surface area contributed by atoms with Crippen molar-refractivity contribution < 1.29 is 4.52 Å². The minimum absolute atomic E-state index is 0.116. The summed E-state index contributed by atoms with van der Waals surface area (Å²) >= 11 is 1.61. The standard InChI is InChI=1S/C12H15N3OS/c1-8(2)11-14-12(16-15-11)9(3)17-10-6-4-5-7-13-10/h4-9H,1-3H3. The highest BCUT2D eigenvalue weighted by Crippen LogP contribution is 2.32. The Morgan fingerprint density at radius 3 is 2.65 bits per heavy atom. The molecule has 2 aromatic rings. The lowest BCUT2D eigenvalue weighted by Gasteiger charge is -2.04. The Balaban J connectivity index is 2.07. The van der Waals surface area contributed by atoms with Crippen molar-refractivity contribution in [1.82, 2.24) is 15.1 Å². The maximum atomic E-state index is 5.25. The van der Waals surface area contributed by atoms with Gasteiger partial charge in [-0.2, -0.15) is 4.98 Å². The topological polar surface area (TPSA) is 51.8 Å². The molecule has 0 aliphatic carbocycles. The highest BCUT2D eigenvalue weighted by atomic mass is 32.2. The lowest BCUT2D eigenvalue weighted by atomic mass is 10.2. The maximum absolute atomic E-state index is 5.25. The predicted octanol–water partition coefficient (Wildman–Crippen LogP) is 3.44. The third-order valence-electron chi connectivity index (χ3n) is 2.26. The third-order valence-corrected chi connectivity index (χ3v) is 3.30. The second-order valence-electron chi connectivity index (χ2n) is 4.07. The summed E-state index contributed by atoms with van der Waals surface area (Å²) in [5, 5.41) is 5.04. The summed E-state index contributed by atoms with van der Waals surface area (Å²) in [4.78, 5) is 8.64. The molecule has 0 bridgehead atoms. The molecule has 17 heavy (non-hydrogen) atoms. The van der Waals surface area contributed by atoms with Crippen LogP contribution in [0.1, 0.15) is 43.7 Å². The Morgan fingerprint density at radius 2 is 2.06 bits per heavy atom. The van der Waals surface area contributed by atoms with Crippen molar-refractivity contribution in [3.05, 3.63) is 36.1 Å². The van der Waals surface area contributed by atoms with E-state index in [9.17, 15) is 0 Å². The first-order valence-corrected chi connectivity index (χ1v) is 6.46. The van der Waals surface area contributed by atoms with Crippen LogP contribution in [0.2, 0.25) is 0 Å². The van der Waals surface area contributed by atoms with Crippen LogP contribution in [0.15, 0.2) is 33.9 Å². The zero-order chi connectivity index (χ0) is 12.3. The van der Waals surface area contributed by atoms with E-state index in [2.05, 4.69) is 15.1 Å². The van der Waals surface area contributed by atoms with E-state index in [0.717, 1.165) is 10.9 Å². The van der Waals surface area contributed by atoms with Gasteiger partial charge in [-0.05, 0) is 19.1 Å². The Hall–Kier alpha value is -1.36. The molecule has 2 rings (SSSR count). The molecule has 0 N–H and O–H groups in total. The Bertz CT molecular complexity index is 470. The van der Waals surface area contributed by atoms with Crippen molar-refractivity contribution in [2.75, 3.05) is 0 Å². The molecule has 2 heterocycles. The second kappa shape index (κ2) is 5.31. The van der Waals surface area contributed by atoms with Crippen LogP contribution in [0.3, 0.4) is 0 Å². The van der Waals surface area contributed by atoms with Crippen molar-refractivity contribution >= 4 is 11.8 Å². The molecule has 0 radical (unpaired) electrons. The SMILES string of the molecule is CC(C)c1noc(C(C)Sc2ccccn2)n1. The van der Waals surface area contributed by atoms with Crippen LogP contribution in [-0.2, 0) is 0 Å². The molecule has 0 amide bonds. The predicted molar refractivity (Wildman–Crippen MR) is 66.9 cm³/mol. The van der Waals surface area contributed by atoms with Gasteiger partial charge in [0.15, 0.2) is 5.82 Å². The van der Waals surface area contributed by atoms with Gasteiger partial charge in [-0.1, -0.05) is 36.8 Å². The lowest BCUT2D eigenvalue weighted by molar-refractivity contribution is 0.373. The fourth-order valence-corrected chi connectivity index (χ4v) is 2.13. The number of pyridine rings is 1. The summed E-state index contributed by atoms with van der Waals surface area (Å²) in [6, 6.07) is 5.84. The monoisotopic (exact) mass is 249 g/mol. The minimum Gasteiger partial charge on any atom is -0.338 e. The van der Waals surface area contributed by atoms with Gasteiger partial charge in [0.05, 0.1) is 10.3 Å². The molecule has 0 saturated carbocycles. The molecule has 1 unspecified atom stereocenters. The van der Waals surface area contributed by atoms with Crippen LogP contribution in [0.4, 0.5) is 0 Å². The molecule has 4 nitrogen and oxygen atoms in total. The molecular formula is C12H15N3OS. The quantitative estimate of drug-likeness (QED) is 0.777. The number of hydrogen-bond donors (Lipinski definition) is 0. The molecular weight excluding hydrogens is 234 g/mol. The van der Waals surface area contributed by atoms with Gasteiger partial charge in [0.25, 0.3) is 0 Å². The Morgan fingerprint density at radius 1 is 1.24 bits per heavy atom. The van der Waals surface area contributed by atoms with E-state index in [1.165, 1.54) is 0 Å². The first kappa shape index (κ1) is 12.1. The Kier molecular flexibility index (Phi) is 3.78. The van der Waals surface area contributed by atoms with Gasteiger partial charge in [-0.3, -0.25) is 0 Å². The van der Waals surface area contributed by atoms with Crippen LogP contribution >= 0.6 is 11.8 Å². The summed E-state index contributed by atoms with van der Waals surface area (Å²) in [5.74, 6) is 1.71. The molecule has 5 heteroatoms. The van der Waals surface area contributed by atoms with Gasteiger partial charge in [0.2, 0.25) is 5.89 Å². The van der Waals surface area contributed by atoms with Crippen molar-refractivity contribution in [3.63, 3.8) is 0 Å². The summed E-state index contributed by atoms with van der Waals surface area (Å²) < 4.78 is 5.25. The molecule has 0 aromatic carbocycles. The number of aromatic nitrogens is 3. The molecule has 0 spiro atoms. The number of thioether (sulfide) groups is 1. The number of rotatable bonds is 4. The molecule has 0 saturated heterocycles. The fourth-order valence-electron chi connectivity index (χ4n) is 1.30. The molecule has 0 fully saturated rings. The number of nitrogens with zero attached hydrogens (tertiary/aromatic N) is 3. The van der Waals surface area contributed by atoms with Gasteiger partial charge in [0.1, 0.15) is 0 Å². The van der Waals surface area contributed by atoms with Crippen molar-refractivity contribution in [2.45, 2.75) is 37.0 Å². The first-order valence-electron chi connectivity index (χ1n) is 5.58. The normalized spacial score (nSPS) is 12.9. The molecule has 0 aliphatic heterocycles. The minimum atomic E-state index is 0.116. The van der Waals surface area contributed by atoms with Gasteiger partial charge in [-0.15, -0.1) is 0 Å². The lowest BCUT2D eigenvalue weighted by Crippen LogP contribution is -1.93. The van der Waals surface area contributed by atoms with E-state index in [0.29, 0.717) is 11.8 Å².